The summed E-state index contributed by atoms with van der Waals surface area (Å²) in [6.45, 7) is 4.98. The van der Waals surface area contributed by atoms with Crippen molar-refractivity contribution in [3.05, 3.63) is 18.6 Å². The summed E-state index contributed by atoms with van der Waals surface area (Å²) in [5.41, 5.74) is 6.53. The Hall–Kier alpha value is -1.82. The highest BCUT2D eigenvalue weighted by Crippen LogP contribution is 2.27. The molecular weight excluding hydrogens is 242 g/mol. The molecule has 0 radical (unpaired) electrons. The first-order valence-electron chi connectivity index (χ1n) is 6.53. The van der Waals surface area contributed by atoms with Gasteiger partial charge in [-0.1, -0.05) is 0 Å². The molecule has 3 rings (SSSR count). The lowest BCUT2D eigenvalue weighted by Crippen LogP contribution is -2.40. The molecule has 0 amide bonds. The molecule has 1 aliphatic rings. The molecule has 1 atom stereocenters. The molecule has 1 saturated heterocycles. The van der Waals surface area contributed by atoms with E-state index in [-0.39, 0.29) is 5.60 Å². The number of aromatic nitrogens is 3. The fraction of sp³-hybridized carbons (Fsp3) is 0.538. The van der Waals surface area contributed by atoms with Crippen molar-refractivity contribution in [2.45, 2.75) is 38.3 Å². The van der Waals surface area contributed by atoms with E-state index in [0.717, 1.165) is 30.9 Å². The molecule has 1 aliphatic heterocycles. The minimum atomic E-state index is -0.0953. The largest absolute Gasteiger partial charge is 0.382 e. The van der Waals surface area contributed by atoms with Crippen LogP contribution in [-0.2, 0) is 4.74 Å². The molecule has 0 saturated carbocycles. The van der Waals surface area contributed by atoms with Crippen LogP contribution in [0.2, 0.25) is 0 Å². The minimum Gasteiger partial charge on any atom is -0.382 e. The molecule has 2 aromatic rings. The molecular formula is C13H19N5O. The molecule has 3 heterocycles. The van der Waals surface area contributed by atoms with Crippen LogP contribution in [0, 0.1) is 0 Å². The molecule has 6 nitrogen and oxygen atoms in total. The van der Waals surface area contributed by atoms with Crippen molar-refractivity contribution >= 4 is 17.3 Å². The summed E-state index contributed by atoms with van der Waals surface area (Å²) < 4.78 is 7.61. The van der Waals surface area contributed by atoms with Gasteiger partial charge in [0.05, 0.1) is 11.8 Å². The predicted molar refractivity (Wildman–Crippen MR) is 74.1 cm³/mol. The van der Waals surface area contributed by atoms with Crippen molar-refractivity contribution in [3.63, 3.8) is 0 Å². The van der Waals surface area contributed by atoms with Gasteiger partial charge in [0.2, 0.25) is 0 Å². The number of fused-ring (bicyclic) bond motifs is 1. The second-order valence-electron chi connectivity index (χ2n) is 5.61. The summed E-state index contributed by atoms with van der Waals surface area (Å²) in [4.78, 5) is 8.67. The van der Waals surface area contributed by atoms with Crippen molar-refractivity contribution in [3.8, 4) is 0 Å². The molecule has 0 aromatic carbocycles. The van der Waals surface area contributed by atoms with E-state index >= 15 is 0 Å². The Morgan fingerprint density at radius 3 is 3.16 bits per heavy atom. The summed E-state index contributed by atoms with van der Waals surface area (Å²) in [5.74, 6) is 1.23. The van der Waals surface area contributed by atoms with Crippen LogP contribution < -0.4 is 11.1 Å². The van der Waals surface area contributed by atoms with Crippen LogP contribution in [0.3, 0.4) is 0 Å². The zero-order valence-corrected chi connectivity index (χ0v) is 11.3. The molecule has 0 bridgehead atoms. The van der Waals surface area contributed by atoms with Crippen LogP contribution in [0.25, 0.3) is 5.65 Å². The van der Waals surface area contributed by atoms with E-state index in [1.165, 1.54) is 0 Å². The number of nitrogens with one attached hydrogen (secondary N) is 1. The second-order valence-corrected chi connectivity index (χ2v) is 5.61. The average Bonchev–Trinajstić information content (AvgIpc) is 2.75. The van der Waals surface area contributed by atoms with Crippen LogP contribution in [-0.4, -0.2) is 32.6 Å². The van der Waals surface area contributed by atoms with E-state index < -0.39 is 0 Å². The van der Waals surface area contributed by atoms with Crippen molar-refractivity contribution in [1.82, 2.24) is 14.4 Å². The third-order valence-electron chi connectivity index (χ3n) is 3.43. The summed E-state index contributed by atoms with van der Waals surface area (Å²) in [6, 6.07) is 0.332. The van der Waals surface area contributed by atoms with Crippen molar-refractivity contribution < 1.29 is 4.74 Å². The molecule has 2 aromatic heterocycles. The van der Waals surface area contributed by atoms with E-state index in [1.807, 2.05) is 10.6 Å². The van der Waals surface area contributed by atoms with Crippen molar-refractivity contribution in [2.75, 3.05) is 17.7 Å². The number of hydrogen-bond acceptors (Lipinski definition) is 5. The summed E-state index contributed by atoms with van der Waals surface area (Å²) in [7, 11) is 0. The van der Waals surface area contributed by atoms with Crippen molar-refractivity contribution in [1.29, 1.82) is 0 Å². The maximum absolute atomic E-state index is 5.82. The lowest BCUT2D eigenvalue weighted by Gasteiger charge is -2.36. The molecule has 1 unspecified atom stereocenters. The monoisotopic (exact) mass is 261 g/mol. The van der Waals surface area contributed by atoms with Gasteiger partial charge in [0, 0.05) is 25.0 Å². The fourth-order valence-electron chi connectivity index (χ4n) is 2.60. The molecule has 3 N–H and O–H groups in total. The third-order valence-corrected chi connectivity index (χ3v) is 3.43. The lowest BCUT2D eigenvalue weighted by molar-refractivity contribution is -0.0553. The highest BCUT2D eigenvalue weighted by Gasteiger charge is 2.29. The highest BCUT2D eigenvalue weighted by atomic mass is 16.5. The Morgan fingerprint density at radius 1 is 1.53 bits per heavy atom. The van der Waals surface area contributed by atoms with E-state index in [0.29, 0.717) is 11.9 Å². The molecule has 0 spiro atoms. The summed E-state index contributed by atoms with van der Waals surface area (Å²) >= 11 is 0. The average molecular weight is 261 g/mol. The molecule has 19 heavy (non-hydrogen) atoms. The predicted octanol–water partition coefficient (Wildman–Crippen LogP) is 1.68. The van der Waals surface area contributed by atoms with Crippen LogP contribution in [0.15, 0.2) is 18.6 Å². The van der Waals surface area contributed by atoms with E-state index in [1.54, 1.807) is 12.4 Å². The van der Waals surface area contributed by atoms with Crippen LogP contribution in [0.5, 0.6) is 0 Å². The number of nitrogens with two attached hydrogens (primary N) is 1. The van der Waals surface area contributed by atoms with Gasteiger partial charge in [-0.2, -0.15) is 0 Å². The van der Waals surface area contributed by atoms with Crippen LogP contribution in [0.4, 0.5) is 11.6 Å². The number of nitrogens with zero attached hydrogens (tertiary/aromatic N) is 3. The van der Waals surface area contributed by atoms with Gasteiger partial charge in [0.15, 0.2) is 11.5 Å². The Balaban J connectivity index is 1.86. The molecule has 1 fully saturated rings. The van der Waals surface area contributed by atoms with Gasteiger partial charge in [0.25, 0.3) is 0 Å². The Kier molecular flexibility index (Phi) is 2.82. The standard InChI is InChI=1S/C13H19N5O/c1-13(2)7-9(3-6-19-13)16-11-12-15-4-5-18(12)8-10(14)17-11/h4-5,8-9H,3,6-7,14H2,1-2H3,(H,16,17). The maximum atomic E-state index is 5.82. The summed E-state index contributed by atoms with van der Waals surface area (Å²) in [5, 5.41) is 3.45. The third kappa shape index (κ3) is 2.49. The first-order valence-corrected chi connectivity index (χ1v) is 6.53. The molecule has 6 heteroatoms. The van der Waals surface area contributed by atoms with E-state index in [9.17, 15) is 0 Å². The zero-order chi connectivity index (χ0) is 13.5. The molecule has 0 aliphatic carbocycles. The number of anilines is 2. The van der Waals surface area contributed by atoms with Gasteiger partial charge in [0.1, 0.15) is 5.82 Å². The topological polar surface area (TPSA) is 77.5 Å². The lowest BCUT2D eigenvalue weighted by atomic mass is 9.94. The van der Waals surface area contributed by atoms with Gasteiger partial charge in [-0.15, -0.1) is 0 Å². The van der Waals surface area contributed by atoms with Gasteiger partial charge in [-0.25, -0.2) is 9.97 Å². The minimum absolute atomic E-state index is 0.0953. The first-order chi connectivity index (χ1) is 9.03. The SMILES string of the molecule is CC1(C)CC(Nc2nc(N)cn3ccnc23)CCO1. The van der Waals surface area contributed by atoms with Gasteiger partial charge >= 0.3 is 0 Å². The smallest absolute Gasteiger partial charge is 0.180 e. The first kappa shape index (κ1) is 12.2. The van der Waals surface area contributed by atoms with Crippen LogP contribution >= 0.6 is 0 Å². The van der Waals surface area contributed by atoms with Crippen LogP contribution in [0.1, 0.15) is 26.7 Å². The van der Waals surface area contributed by atoms with Gasteiger partial charge < -0.3 is 20.2 Å². The van der Waals surface area contributed by atoms with Gasteiger partial charge in [-0.05, 0) is 26.7 Å². The second kappa shape index (κ2) is 4.38. The van der Waals surface area contributed by atoms with E-state index in [2.05, 4.69) is 29.1 Å². The fourth-order valence-corrected chi connectivity index (χ4v) is 2.60. The number of ether oxygens (including phenoxy) is 1. The number of imidazole rings is 1. The zero-order valence-electron chi connectivity index (χ0n) is 11.3. The number of nitrogen functional groups attached to an aromatic ring is 1. The quantitative estimate of drug-likeness (QED) is 0.860. The van der Waals surface area contributed by atoms with E-state index in [4.69, 9.17) is 10.5 Å². The highest BCUT2D eigenvalue weighted by molar-refractivity contribution is 5.65. The maximum Gasteiger partial charge on any atom is 0.180 e. The normalized spacial score (nSPS) is 22.5. The molecule has 102 valence electrons. The number of rotatable bonds is 2. The Morgan fingerprint density at radius 2 is 2.37 bits per heavy atom. The van der Waals surface area contributed by atoms with Gasteiger partial charge in [-0.3, -0.25) is 0 Å². The Labute approximate surface area is 112 Å². The summed E-state index contributed by atoms with van der Waals surface area (Å²) in [6.07, 6.45) is 7.28. The number of hydrogen-bond donors (Lipinski definition) is 2. The van der Waals surface area contributed by atoms with Crippen molar-refractivity contribution in [2.24, 2.45) is 0 Å². The Bertz CT molecular complexity index is 592.